The molecule has 0 heterocycles. The molecule has 0 saturated heterocycles. The van der Waals surface area contributed by atoms with Crippen molar-refractivity contribution in [3.8, 4) is 0 Å². The summed E-state index contributed by atoms with van der Waals surface area (Å²) >= 11 is 0. The first-order valence-electron chi connectivity index (χ1n) is 11.3. The zero-order valence-electron chi connectivity index (χ0n) is 18.9. The van der Waals surface area contributed by atoms with Crippen molar-refractivity contribution in [2.24, 2.45) is 5.92 Å². The van der Waals surface area contributed by atoms with Crippen LogP contribution in [-0.2, 0) is 20.9 Å². The van der Waals surface area contributed by atoms with E-state index in [1.807, 2.05) is 6.08 Å². The normalized spacial score (nSPS) is 18.1. The molecule has 0 bridgehead atoms. The standard InChI is InChI=1S/C27H32N2O4/c1-2-3-4-19-7-12-25(13-8-19)33-27(31)22-10-5-20(6-11-22)9-14-26(30)32-18-21-15-23(28)17-24(29)16-21/h2,5-6,9-11,14-17,19,25H,1,3-4,7-8,12-13,18,28-29H2/b14-9+. The molecule has 3 rings (SSSR count). The maximum absolute atomic E-state index is 12.5. The molecule has 0 unspecified atom stereocenters. The van der Waals surface area contributed by atoms with Crippen LogP contribution in [0.4, 0.5) is 11.4 Å². The van der Waals surface area contributed by atoms with Gasteiger partial charge in [-0.25, -0.2) is 9.59 Å². The van der Waals surface area contributed by atoms with Crippen molar-refractivity contribution in [1.29, 1.82) is 0 Å². The maximum Gasteiger partial charge on any atom is 0.338 e. The fraction of sp³-hybridized carbons (Fsp3) is 0.333. The van der Waals surface area contributed by atoms with Gasteiger partial charge in [0.25, 0.3) is 0 Å². The van der Waals surface area contributed by atoms with Crippen LogP contribution in [0.2, 0.25) is 0 Å². The molecule has 6 nitrogen and oxygen atoms in total. The van der Waals surface area contributed by atoms with Crippen molar-refractivity contribution in [3.05, 3.63) is 77.9 Å². The van der Waals surface area contributed by atoms with Gasteiger partial charge < -0.3 is 20.9 Å². The van der Waals surface area contributed by atoms with Gasteiger partial charge in [0.1, 0.15) is 12.7 Å². The van der Waals surface area contributed by atoms with Crippen LogP contribution >= 0.6 is 0 Å². The molecule has 2 aromatic rings. The minimum Gasteiger partial charge on any atom is -0.459 e. The molecular weight excluding hydrogens is 416 g/mol. The third-order valence-electron chi connectivity index (χ3n) is 5.82. The van der Waals surface area contributed by atoms with Crippen LogP contribution in [0.25, 0.3) is 6.08 Å². The first kappa shape index (κ1) is 24.1. The Kier molecular flexibility index (Phi) is 8.70. The van der Waals surface area contributed by atoms with Gasteiger partial charge in [-0.15, -0.1) is 6.58 Å². The monoisotopic (exact) mass is 448 g/mol. The van der Waals surface area contributed by atoms with E-state index in [9.17, 15) is 9.59 Å². The van der Waals surface area contributed by atoms with Gasteiger partial charge >= 0.3 is 11.9 Å². The lowest BCUT2D eigenvalue weighted by Gasteiger charge is -2.28. The summed E-state index contributed by atoms with van der Waals surface area (Å²) in [4.78, 5) is 24.5. The average Bonchev–Trinajstić information content (AvgIpc) is 2.80. The molecule has 0 spiro atoms. The quantitative estimate of drug-likeness (QED) is 0.234. The van der Waals surface area contributed by atoms with Gasteiger partial charge in [0, 0.05) is 17.5 Å². The van der Waals surface area contributed by atoms with E-state index in [1.165, 1.54) is 12.5 Å². The molecule has 1 aliphatic carbocycles. The molecule has 0 aliphatic heterocycles. The molecule has 33 heavy (non-hydrogen) atoms. The lowest BCUT2D eigenvalue weighted by atomic mass is 9.84. The molecular formula is C27H32N2O4. The van der Waals surface area contributed by atoms with E-state index < -0.39 is 5.97 Å². The van der Waals surface area contributed by atoms with E-state index >= 15 is 0 Å². The Morgan fingerprint density at radius 3 is 2.30 bits per heavy atom. The van der Waals surface area contributed by atoms with E-state index in [4.69, 9.17) is 20.9 Å². The predicted octanol–water partition coefficient (Wildman–Crippen LogP) is 5.29. The number of hydrogen-bond acceptors (Lipinski definition) is 6. The first-order valence-corrected chi connectivity index (χ1v) is 11.3. The van der Waals surface area contributed by atoms with Gasteiger partial charge in [-0.05, 0) is 92.0 Å². The third kappa shape index (κ3) is 7.83. The summed E-state index contributed by atoms with van der Waals surface area (Å²) in [6.45, 7) is 3.86. The van der Waals surface area contributed by atoms with E-state index in [1.54, 1.807) is 48.5 Å². The fourth-order valence-electron chi connectivity index (χ4n) is 4.04. The molecule has 0 amide bonds. The molecule has 6 heteroatoms. The number of anilines is 2. The molecule has 1 saturated carbocycles. The Morgan fingerprint density at radius 2 is 1.67 bits per heavy atom. The predicted molar refractivity (Wildman–Crippen MR) is 131 cm³/mol. The Balaban J connectivity index is 1.44. The molecule has 0 aromatic heterocycles. The minimum absolute atomic E-state index is 0.0119. The number of hydrogen-bond donors (Lipinski definition) is 2. The summed E-state index contributed by atoms with van der Waals surface area (Å²) in [5.74, 6) is -0.0799. The van der Waals surface area contributed by atoms with E-state index in [2.05, 4.69) is 6.58 Å². The molecule has 0 radical (unpaired) electrons. The number of ether oxygens (including phenoxy) is 2. The molecule has 2 aromatic carbocycles. The summed E-state index contributed by atoms with van der Waals surface area (Å²) < 4.78 is 10.9. The van der Waals surface area contributed by atoms with Gasteiger partial charge in [0.2, 0.25) is 0 Å². The zero-order chi connectivity index (χ0) is 23.6. The molecule has 4 N–H and O–H groups in total. The van der Waals surface area contributed by atoms with Crippen LogP contribution in [0.1, 0.15) is 60.0 Å². The lowest BCUT2D eigenvalue weighted by Crippen LogP contribution is -2.24. The largest absolute Gasteiger partial charge is 0.459 e. The topological polar surface area (TPSA) is 105 Å². The summed E-state index contributed by atoms with van der Waals surface area (Å²) in [6, 6.07) is 12.0. The van der Waals surface area contributed by atoms with Crippen LogP contribution in [0.15, 0.2) is 61.2 Å². The van der Waals surface area contributed by atoms with Gasteiger partial charge in [-0.1, -0.05) is 18.2 Å². The summed E-state index contributed by atoms with van der Waals surface area (Å²) in [6.07, 6.45) is 11.2. The summed E-state index contributed by atoms with van der Waals surface area (Å²) in [5.41, 5.74) is 14.5. The Hall–Kier alpha value is -3.54. The molecule has 0 atom stereocenters. The number of esters is 2. The highest BCUT2D eigenvalue weighted by molar-refractivity contribution is 5.90. The fourth-order valence-corrected chi connectivity index (χ4v) is 4.04. The van der Waals surface area contributed by atoms with Crippen LogP contribution in [0.3, 0.4) is 0 Å². The second-order valence-electron chi connectivity index (χ2n) is 8.49. The van der Waals surface area contributed by atoms with Gasteiger partial charge in [-0.3, -0.25) is 0 Å². The number of rotatable bonds is 9. The van der Waals surface area contributed by atoms with Crippen molar-refractivity contribution in [2.75, 3.05) is 11.5 Å². The van der Waals surface area contributed by atoms with Crippen molar-refractivity contribution in [2.45, 2.75) is 51.2 Å². The van der Waals surface area contributed by atoms with E-state index in [0.717, 1.165) is 43.2 Å². The summed E-state index contributed by atoms with van der Waals surface area (Å²) in [5, 5.41) is 0. The van der Waals surface area contributed by atoms with Crippen LogP contribution in [-0.4, -0.2) is 18.0 Å². The average molecular weight is 449 g/mol. The number of nitrogen functional groups attached to an aromatic ring is 2. The van der Waals surface area contributed by atoms with Crippen molar-refractivity contribution < 1.29 is 19.1 Å². The molecule has 1 aliphatic rings. The zero-order valence-corrected chi connectivity index (χ0v) is 18.9. The minimum atomic E-state index is -0.483. The highest BCUT2D eigenvalue weighted by atomic mass is 16.5. The maximum atomic E-state index is 12.5. The number of carbonyl (C=O) groups excluding carboxylic acids is 2. The molecule has 1 fully saturated rings. The van der Waals surface area contributed by atoms with Crippen LogP contribution < -0.4 is 11.5 Å². The van der Waals surface area contributed by atoms with Crippen LogP contribution in [0.5, 0.6) is 0 Å². The van der Waals surface area contributed by atoms with Crippen molar-refractivity contribution in [1.82, 2.24) is 0 Å². The van der Waals surface area contributed by atoms with E-state index in [0.29, 0.717) is 22.9 Å². The lowest BCUT2D eigenvalue weighted by molar-refractivity contribution is -0.138. The SMILES string of the molecule is C=CCCC1CCC(OC(=O)c2ccc(/C=C/C(=O)OCc3cc(N)cc(N)c3)cc2)CC1. The second-order valence-corrected chi connectivity index (χ2v) is 8.49. The van der Waals surface area contributed by atoms with Crippen molar-refractivity contribution >= 4 is 29.4 Å². The van der Waals surface area contributed by atoms with Crippen LogP contribution in [0, 0.1) is 5.92 Å². The highest BCUT2D eigenvalue weighted by Gasteiger charge is 2.23. The number of allylic oxidation sites excluding steroid dienone is 1. The number of benzene rings is 2. The highest BCUT2D eigenvalue weighted by Crippen LogP contribution is 2.30. The van der Waals surface area contributed by atoms with Gasteiger partial charge in [-0.2, -0.15) is 0 Å². The van der Waals surface area contributed by atoms with Crippen molar-refractivity contribution in [3.63, 3.8) is 0 Å². The Morgan fingerprint density at radius 1 is 1.00 bits per heavy atom. The number of carbonyl (C=O) groups is 2. The number of nitrogens with two attached hydrogens (primary N) is 2. The Labute approximate surface area is 195 Å². The van der Waals surface area contributed by atoms with Gasteiger partial charge in [0.15, 0.2) is 0 Å². The van der Waals surface area contributed by atoms with Gasteiger partial charge in [0.05, 0.1) is 5.56 Å². The third-order valence-corrected chi connectivity index (χ3v) is 5.82. The first-order chi connectivity index (χ1) is 15.9. The second kappa shape index (κ2) is 11.9. The smallest absolute Gasteiger partial charge is 0.338 e. The molecule has 174 valence electrons. The van der Waals surface area contributed by atoms with E-state index in [-0.39, 0.29) is 18.7 Å². The summed E-state index contributed by atoms with van der Waals surface area (Å²) in [7, 11) is 0. The Bertz CT molecular complexity index is 969.